The molecule has 5 nitrogen and oxygen atoms in total. The SMILES string of the molecule is CC1CCN(C(C)CNC(=O)N(C)CCOc2ccccc2)CC1. The molecular weight excluding hydrogens is 302 g/mol. The summed E-state index contributed by atoms with van der Waals surface area (Å²) in [5.41, 5.74) is 0. The van der Waals surface area contributed by atoms with Crippen molar-refractivity contribution in [3.05, 3.63) is 30.3 Å². The maximum absolute atomic E-state index is 12.2. The minimum absolute atomic E-state index is 0.0381. The summed E-state index contributed by atoms with van der Waals surface area (Å²) in [6, 6.07) is 10.0. The first-order valence-corrected chi connectivity index (χ1v) is 8.97. The molecule has 0 bridgehead atoms. The first-order valence-electron chi connectivity index (χ1n) is 8.97. The van der Waals surface area contributed by atoms with Crippen LogP contribution in [0.3, 0.4) is 0 Å². The summed E-state index contributed by atoms with van der Waals surface area (Å²) in [5.74, 6) is 1.66. The second-order valence-electron chi connectivity index (χ2n) is 6.84. The van der Waals surface area contributed by atoms with Crippen LogP contribution >= 0.6 is 0 Å². The van der Waals surface area contributed by atoms with Crippen molar-refractivity contribution in [1.82, 2.24) is 15.1 Å². The number of nitrogens with zero attached hydrogens (tertiary/aromatic N) is 2. The van der Waals surface area contributed by atoms with Crippen molar-refractivity contribution in [1.29, 1.82) is 0 Å². The van der Waals surface area contributed by atoms with Crippen LogP contribution < -0.4 is 10.1 Å². The number of carbonyl (C=O) groups excluding carboxylic acids is 1. The highest BCUT2D eigenvalue weighted by Crippen LogP contribution is 2.17. The molecule has 1 saturated heterocycles. The minimum atomic E-state index is -0.0381. The van der Waals surface area contributed by atoms with Crippen LogP contribution in [0.5, 0.6) is 5.75 Å². The van der Waals surface area contributed by atoms with E-state index in [1.54, 1.807) is 11.9 Å². The van der Waals surface area contributed by atoms with Crippen molar-refractivity contribution < 1.29 is 9.53 Å². The molecule has 2 rings (SSSR count). The normalized spacial score (nSPS) is 17.3. The third-order valence-corrected chi connectivity index (χ3v) is 4.78. The average Bonchev–Trinajstić information content (AvgIpc) is 2.60. The third kappa shape index (κ3) is 6.04. The van der Waals surface area contributed by atoms with Gasteiger partial charge in [0.25, 0.3) is 0 Å². The number of para-hydroxylation sites is 1. The number of likely N-dealkylation sites (tertiary alicyclic amines) is 1. The predicted molar refractivity (Wildman–Crippen MR) is 97.4 cm³/mol. The molecule has 1 heterocycles. The molecule has 1 aromatic carbocycles. The number of rotatable bonds is 7. The Bertz CT molecular complexity index is 487. The Morgan fingerprint density at radius 1 is 1.33 bits per heavy atom. The fourth-order valence-electron chi connectivity index (χ4n) is 2.89. The number of nitrogens with one attached hydrogen (secondary N) is 1. The van der Waals surface area contributed by atoms with Crippen molar-refractivity contribution in [2.45, 2.75) is 32.7 Å². The number of benzene rings is 1. The number of hydrogen-bond donors (Lipinski definition) is 1. The summed E-state index contributed by atoms with van der Waals surface area (Å²) in [4.78, 5) is 16.3. The van der Waals surface area contributed by atoms with Gasteiger partial charge in [-0.05, 0) is 50.9 Å². The molecule has 134 valence electrons. The molecule has 0 saturated carbocycles. The smallest absolute Gasteiger partial charge is 0.317 e. The van der Waals surface area contributed by atoms with Crippen molar-refractivity contribution in [2.75, 3.05) is 39.8 Å². The van der Waals surface area contributed by atoms with Crippen molar-refractivity contribution in [3.8, 4) is 5.75 Å². The number of ether oxygens (including phenoxy) is 1. The monoisotopic (exact) mass is 333 g/mol. The van der Waals surface area contributed by atoms with E-state index in [1.807, 2.05) is 30.3 Å². The maximum atomic E-state index is 12.2. The molecule has 1 aromatic rings. The topological polar surface area (TPSA) is 44.8 Å². The predicted octanol–water partition coefficient (Wildman–Crippen LogP) is 2.83. The highest BCUT2D eigenvalue weighted by Gasteiger charge is 2.20. The van der Waals surface area contributed by atoms with Crippen LogP contribution in [0.15, 0.2) is 30.3 Å². The molecule has 0 spiro atoms. The Kier molecular flexibility index (Phi) is 7.37. The van der Waals surface area contributed by atoms with Crippen LogP contribution in [-0.2, 0) is 0 Å². The van der Waals surface area contributed by atoms with E-state index in [0.29, 0.717) is 25.7 Å². The lowest BCUT2D eigenvalue weighted by atomic mass is 9.98. The van der Waals surface area contributed by atoms with E-state index < -0.39 is 0 Å². The first kappa shape index (κ1) is 18.6. The van der Waals surface area contributed by atoms with Crippen molar-refractivity contribution >= 4 is 6.03 Å². The molecule has 0 aromatic heterocycles. The van der Waals surface area contributed by atoms with E-state index in [0.717, 1.165) is 24.8 Å². The minimum Gasteiger partial charge on any atom is -0.492 e. The number of piperidine rings is 1. The number of urea groups is 1. The van der Waals surface area contributed by atoms with Gasteiger partial charge >= 0.3 is 6.03 Å². The van der Waals surface area contributed by atoms with Crippen molar-refractivity contribution in [2.24, 2.45) is 5.92 Å². The van der Waals surface area contributed by atoms with Gasteiger partial charge in [-0.15, -0.1) is 0 Å². The zero-order valence-electron chi connectivity index (χ0n) is 15.2. The standard InChI is InChI=1S/C19H31N3O2/c1-16-9-11-22(12-10-16)17(2)15-20-19(23)21(3)13-14-24-18-7-5-4-6-8-18/h4-8,16-17H,9-15H2,1-3H3,(H,20,23). The van der Waals surface area contributed by atoms with E-state index in [2.05, 4.69) is 24.1 Å². The van der Waals surface area contributed by atoms with Gasteiger partial charge in [-0.3, -0.25) is 4.90 Å². The molecule has 1 aliphatic heterocycles. The summed E-state index contributed by atoms with van der Waals surface area (Å²) in [6.45, 7) is 8.53. The Morgan fingerprint density at radius 2 is 2.00 bits per heavy atom. The second kappa shape index (κ2) is 9.52. The summed E-state index contributed by atoms with van der Waals surface area (Å²) in [5, 5.41) is 3.03. The summed E-state index contributed by atoms with van der Waals surface area (Å²) < 4.78 is 5.63. The van der Waals surface area contributed by atoms with Crippen LogP contribution in [0.4, 0.5) is 4.79 Å². The summed E-state index contributed by atoms with van der Waals surface area (Å²) in [7, 11) is 1.80. The highest BCUT2D eigenvalue weighted by molar-refractivity contribution is 5.73. The Hall–Kier alpha value is -1.75. The number of likely N-dealkylation sites (N-methyl/N-ethyl adjacent to an activating group) is 1. The first-order chi connectivity index (χ1) is 11.6. The highest BCUT2D eigenvalue weighted by atomic mass is 16.5. The van der Waals surface area contributed by atoms with Gasteiger partial charge in [-0.1, -0.05) is 25.1 Å². The molecule has 2 amide bonds. The Balaban J connectivity index is 1.62. The fraction of sp³-hybridized carbons (Fsp3) is 0.632. The lowest BCUT2D eigenvalue weighted by Gasteiger charge is -2.35. The van der Waals surface area contributed by atoms with Crippen LogP contribution in [0.25, 0.3) is 0 Å². The van der Waals surface area contributed by atoms with Crippen LogP contribution in [-0.4, -0.2) is 61.7 Å². The Labute approximate surface area is 146 Å². The molecular formula is C19H31N3O2. The third-order valence-electron chi connectivity index (χ3n) is 4.78. The molecule has 1 atom stereocenters. The maximum Gasteiger partial charge on any atom is 0.317 e. The van der Waals surface area contributed by atoms with Gasteiger partial charge in [0.15, 0.2) is 0 Å². The molecule has 24 heavy (non-hydrogen) atoms. The fourth-order valence-corrected chi connectivity index (χ4v) is 2.89. The summed E-state index contributed by atoms with van der Waals surface area (Å²) >= 11 is 0. The number of amides is 2. The second-order valence-corrected chi connectivity index (χ2v) is 6.84. The Morgan fingerprint density at radius 3 is 2.67 bits per heavy atom. The van der Waals surface area contributed by atoms with Crippen LogP contribution in [0, 0.1) is 5.92 Å². The van der Waals surface area contributed by atoms with Gasteiger partial charge in [0.1, 0.15) is 12.4 Å². The van der Waals surface area contributed by atoms with Gasteiger partial charge in [-0.2, -0.15) is 0 Å². The average molecular weight is 333 g/mol. The number of carbonyl (C=O) groups is 1. The van der Waals surface area contributed by atoms with Gasteiger partial charge in [0.2, 0.25) is 0 Å². The number of hydrogen-bond acceptors (Lipinski definition) is 3. The van der Waals surface area contributed by atoms with E-state index >= 15 is 0 Å². The molecule has 1 aliphatic rings. The zero-order chi connectivity index (χ0) is 17.4. The van der Waals surface area contributed by atoms with Crippen LogP contribution in [0.2, 0.25) is 0 Å². The lowest BCUT2D eigenvalue weighted by molar-refractivity contribution is 0.142. The van der Waals surface area contributed by atoms with E-state index in [9.17, 15) is 4.79 Å². The largest absolute Gasteiger partial charge is 0.492 e. The van der Waals surface area contributed by atoms with Gasteiger partial charge < -0.3 is 15.0 Å². The van der Waals surface area contributed by atoms with Gasteiger partial charge in [-0.25, -0.2) is 4.79 Å². The molecule has 1 N–H and O–H groups in total. The lowest BCUT2D eigenvalue weighted by Crippen LogP contribution is -2.48. The van der Waals surface area contributed by atoms with Crippen LogP contribution in [0.1, 0.15) is 26.7 Å². The van der Waals surface area contributed by atoms with Gasteiger partial charge in [0, 0.05) is 19.6 Å². The molecule has 5 heteroatoms. The van der Waals surface area contributed by atoms with E-state index in [4.69, 9.17) is 4.74 Å². The molecule has 1 unspecified atom stereocenters. The van der Waals surface area contributed by atoms with Crippen molar-refractivity contribution in [3.63, 3.8) is 0 Å². The van der Waals surface area contributed by atoms with Gasteiger partial charge in [0.05, 0.1) is 6.54 Å². The van der Waals surface area contributed by atoms with E-state index in [1.165, 1.54) is 12.8 Å². The summed E-state index contributed by atoms with van der Waals surface area (Å²) in [6.07, 6.45) is 2.52. The molecule has 0 aliphatic carbocycles. The van der Waals surface area contributed by atoms with E-state index in [-0.39, 0.29) is 6.03 Å². The molecule has 1 fully saturated rings. The quantitative estimate of drug-likeness (QED) is 0.834. The molecule has 0 radical (unpaired) electrons. The zero-order valence-corrected chi connectivity index (χ0v) is 15.2.